The Morgan fingerprint density at radius 2 is 0.790 bits per heavy atom. The maximum Gasteiger partial charge on any atom is 0.164 e. The smallest absolute Gasteiger partial charge is 0.164 e. The largest absolute Gasteiger partial charge is 0.309 e. The van der Waals surface area contributed by atoms with Gasteiger partial charge in [0.25, 0.3) is 0 Å². The molecule has 4 nitrogen and oxygen atoms in total. The van der Waals surface area contributed by atoms with Crippen LogP contribution in [0.2, 0.25) is 0 Å². The van der Waals surface area contributed by atoms with Crippen molar-refractivity contribution in [2.75, 3.05) is 0 Å². The van der Waals surface area contributed by atoms with Gasteiger partial charge in [-0.1, -0.05) is 176 Å². The summed E-state index contributed by atoms with van der Waals surface area (Å²) in [6.07, 6.45) is 0. The topological polar surface area (TPSA) is 43.6 Å². The lowest BCUT2D eigenvalue weighted by Gasteiger charge is -2.30. The van der Waals surface area contributed by atoms with Crippen LogP contribution in [0.3, 0.4) is 0 Å². The molecule has 2 aromatic heterocycles. The van der Waals surface area contributed by atoms with E-state index in [2.05, 4.69) is 162 Å². The van der Waals surface area contributed by atoms with Gasteiger partial charge < -0.3 is 4.57 Å². The van der Waals surface area contributed by atoms with E-state index in [-0.39, 0.29) is 0 Å². The summed E-state index contributed by atoms with van der Waals surface area (Å²) in [6.45, 7) is 0. The maximum atomic E-state index is 5.05. The molecule has 0 saturated heterocycles. The molecule has 2 aliphatic carbocycles. The first kappa shape index (κ1) is 34.6. The van der Waals surface area contributed by atoms with E-state index in [9.17, 15) is 0 Å². The first-order chi connectivity index (χ1) is 30.7. The average molecular weight is 789 g/mol. The lowest BCUT2D eigenvalue weighted by atomic mass is 9.70. The van der Waals surface area contributed by atoms with Crippen molar-refractivity contribution < 1.29 is 0 Å². The van der Waals surface area contributed by atoms with Crippen LogP contribution in [0, 0.1) is 0 Å². The Balaban J connectivity index is 1.00. The van der Waals surface area contributed by atoms with Crippen LogP contribution in [0.15, 0.2) is 218 Å². The number of rotatable bonds is 5. The Hall–Kier alpha value is -8.21. The van der Waals surface area contributed by atoms with E-state index in [1.54, 1.807) is 0 Å². The molecular formula is C58H36N4. The van der Waals surface area contributed by atoms with E-state index in [1.807, 2.05) is 60.7 Å². The Labute approximate surface area is 359 Å². The van der Waals surface area contributed by atoms with Gasteiger partial charge in [0, 0.05) is 33.2 Å². The third kappa shape index (κ3) is 4.98. The van der Waals surface area contributed by atoms with Gasteiger partial charge >= 0.3 is 0 Å². The third-order valence-electron chi connectivity index (χ3n) is 13.0. The van der Waals surface area contributed by atoms with Crippen LogP contribution >= 0.6 is 0 Å². The highest BCUT2D eigenvalue weighted by Gasteiger charge is 2.52. The molecule has 62 heavy (non-hydrogen) atoms. The van der Waals surface area contributed by atoms with Gasteiger partial charge in [-0.3, -0.25) is 0 Å². The maximum absolute atomic E-state index is 5.05. The zero-order valence-corrected chi connectivity index (χ0v) is 33.6. The van der Waals surface area contributed by atoms with Crippen molar-refractivity contribution in [3.8, 4) is 73.2 Å². The fourth-order valence-electron chi connectivity index (χ4n) is 10.4. The summed E-state index contributed by atoms with van der Waals surface area (Å²) < 4.78 is 2.44. The third-order valence-corrected chi connectivity index (χ3v) is 13.0. The van der Waals surface area contributed by atoms with Crippen molar-refractivity contribution in [3.63, 3.8) is 0 Å². The Morgan fingerprint density at radius 3 is 1.47 bits per heavy atom. The highest BCUT2D eigenvalue weighted by Crippen LogP contribution is 2.63. The van der Waals surface area contributed by atoms with E-state index in [1.165, 1.54) is 66.3 Å². The van der Waals surface area contributed by atoms with Crippen LogP contribution in [0.4, 0.5) is 0 Å². The highest BCUT2D eigenvalue weighted by molar-refractivity contribution is 6.12. The zero-order chi connectivity index (χ0) is 40.8. The molecule has 0 amide bonds. The number of fused-ring (bicyclic) bond motifs is 13. The molecular weight excluding hydrogens is 753 g/mol. The minimum Gasteiger partial charge on any atom is -0.309 e. The molecule has 9 aromatic carbocycles. The molecule has 13 rings (SSSR count). The second kappa shape index (κ2) is 13.4. The van der Waals surface area contributed by atoms with Crippen LogP contribution in [0.1, 0.15) is 22.3 Å². The molecule has 1 spiro atoms. The monoisotopic (exact) mass is 788 g/mol. The lowest BCUT2D eigenvalue weighted by Crippen LogP contribution is -2.25. The second-order valence-electron chi connectivity index (χ2n) is 16.3. The molecule has 2 aliphatic rings. The van der Waals surface area contributed by atoms with Crippen LogP contribution in [-0.4, -0.2) is 19.5 Å². The predicted molar refractivity (Wildman–Crippen MR) is 252 cm³/mol. The summed E-state index contributed by atoms with van der Waals surface area (Å²) in [5.41, 5.74) is 18.6. The summed E-state index contributed by atoms with van der Waals surface area (Å²) >= 11 is 0. The first-order valence-electron chi connectivity index (χ1n) is 21.2. The number of hydrogen-bond acceptors (Lipinski definition) is 3. The van der Waals surface area contributed by atoms with Crippen LogP contribution in [0.5, 0.6) is 0 Å². The second-order valence-corrected chi connectivity index (χ2v) is 16.3. The quantitative estimate of drug-likeness (QED) is 0.174. The first-order valence-corrected chi connectivity index (χ1v) is 21.2. The standard InChI is InChI=1S/C58H36N4/c1-4-17-37(18-5-1)55-59-56(38-19-6-2-7-20-38)61-57(60-55)41-22-16-21-39(33-41)40-31-32-51-46(34-40)43-25-10-13-28-49(43)58(51)50-29-14-11-26-44(50)47-35-48-45-27-12-15-30-53(45)62(54(48)36-52(47)58)42-23-8-3-9-24-42/h1-36H. The molecule has 1 unspecified atom stereocenters. The number of aromatic nitrogens is 4. The molecule has 288 valence electrons. The van der Waals surface area contributed by atoms with E-state index >= 15 is 0 Å². The van der Waals surface area contributed by atoms with Gasteiger partial charge in [-0.05, 0) is 98.1 Å². The van der Waals surface area contributed by atoms with Crippen molar-refractivity contribution in [3.05, 3.63) is 241 Å². The van der Waals surface area contributed by atoms with Crippen LogP contribution < -0.4 is 0 Å². The Morgan fingerprint density at radius 1 is 0.290 bits per heavy atom. The van der Waals surface area contributed by atoms with Crippen LogP contribution in [0.25, 0.3) is 95.0 Å². The van der Waals surface area contributed by atoms with Crippen LogP contribution in [-0.2, 0) is 5.41 Å². The molecule has 0 aliphatic heterocycles. The number of benzene rings is 9. The van der Waals surface area contributed by atoms with E-state index in [0.717, 1.165) is 33.5 Å². The SMILES string of the molecule is c1ccc(-c2nc(-c3ccccc3)nc(-c3cccc(-c4ccc5c(c4)-c4ccccc4C54c5ccccc5-c5cc6c7ccccc7n(-c7ccccc7)c6cc54)c3)n2)cc1. The minimum atomic E-state index is -0.489. The summed E-state index contributed by atoms with van der Waals surface area (Å²) in [4.78, 5) is 15.0. The van der Waals surface area contributed by atoms with Gasteiger partial charge in [0.2, 0.25) is 0 Å². The number of para-hydroxylation sites is 2. The fraction of sp³-hybridized carbons (Fsp3) is 0.0172. The molecule has 0 radical (unpaired) electrons. The predicted octanol–water partition coefficient (Wildman–Crippen LogP) is 14.0. The molecule has 0 saturated carbocycles. The van der Waals surface area contributed by atoms with Gasteiger partial charge in [0.15, 0.2) is 17.5 Å². The normalized spacial score (nSPS) is 14.5. The van der Waals surface area contributed by atoms with Gasteiger partial charge in [0.1, 0.15) is 0 Å². The van der Waals surface area contributed by atoms with Gasteiger partial charge in [0.05, 0.1) is 16.4 Å². The van der Waals surface area contributed by atoms with Crippen molar-refractivity contribution >= 4 is 21.8 Å². The van der Waals surface area contributed by atoms with Gasteiger partial charge in [-0.2, -0.15) is 0 Å². The summed E-state index contributed by atoms with van der Waals surface area (Å²) in [5, 5.41) is 2.53. The molecule has 2 heterocycles. The molecule has 1 atom stereocenters. The Kier molecular flexibility index (Phi) is 7.49. The van der Waals surface area contributed by atoms with E-state index in [4.69, 9.17) is 15.0 Å². The molecule has 0 bridgehead atoms. The van der Waals surface area contributed by atoms with Crippen molar-refractivity contribution in [1.82, 2.24) is 19.5 Å². The molecule has 0 fully saturated rings. The van der Waals surface area contributed by atoms with E-state index in [0.29, 0.717) is 17.5 Å². The van der Waals surface area contributed by atoms with E-state index < -0.39 is 5.41 Å². The van der Waals surface area contributed by atoms with Crippen molar-refractivity contribution in [2.24, 2.45) is 0 Å². The molecule has 0 N–H and O–H groups in total. The molecule has 4 heteroatoms. The zero-order valence-electron chi connectivity index (χ0n) is 33.6. The summed E-state index contributed by atoms with van der Waals surface area (Å²) in [6, 6.07) is 78.7. The van der Waals surface area contributed by atoms with Gasteiger partial charge in [-0.25, -0.2) is 15.0 Å². The van der Waals surface area contributed by atoms with Gasteiger partial charge in [-0.15, -0.1) is 0 Å². The minimum absolute atomic E-state index is 0.489. The van der Waals surface area contributed by atoms with Crippen molar-refractivity contribution in [2.45, 2.75) is 5.41 Å². The average Bonchev–Trinajstić information content (AvgIpc) is 3.95. The fourth-order valence-corrected chi connectivity index (χ4v) is 10.4. The Bertz CT molecular complexity index is 3520. The number of hydrogen-bond donors (Lipinski definition) is 0. The summed E-state index contributed by atoms with van der Waals surface area (Å²) in [7, 11) is 0. The summed E-state index contributed by atoms with van der Waals surface area (Å²) in [5.74, 6) is 1.94. The van der Waals surface area contributed by atoms with Crippen molar-refractivity contribution in [1.29, 1.82) is 0 Å². The lowest BCUT2D eigenvalue weighted by molar-refractivity contribution is 0.794. The molecule has 11 aromatic rings. The highest BCUT2D eigenvalue weighted by atomic mass is 15.0. The number of nitrogens with zero attached hydrogens (tertiary/aromatic N) is 4.